The smallest absolute Gasteiger partial charge is 0.254 e. The van der Waals surface area contributed by atoms with Gasteiger partial charge in [-0.3, -0.25) is 9.78 Å². The van der Waals surface area contributed by atoms with Crippen molar-refractivity contribution in [2.24, 2.45) is 11.8 Å². The molecule has 17 heavy (non-hydrogen) atoms. The first-order chi connectivity index (χ1) is 8.25. The minimum Gasteiger partial charge on any atom is -0.349 e. The van der Waals surface area contributed by atoms with Crippen molar-refractivity contribution in [3.63, 3.8) is 0 Å². The zero-order valence-corrected chi connectivity index (χ0v) is 9.53. The van der Waals surface area contributed by atoms with E-state index in [0.29, 0.717) is 11.8 Å². The quantitative estimate of drug-likeness (QED) is 0.867. The van der Waals surface area contributed by atoms with Crippen LogP contribution in [0.2, 0.25) is 0 Å². The first-order valence-electron chi connectivity index (χ1n) is 6.16. The van der Waals surface area contributed by atoms with E-state index in [1.165, 1.54) is 37.9 Å². The van der Waals surface area contributed by atoms with Crippen LogP contribution in [0.3, 0.4) is 0 Å². The number of hydrogen-bond donors (Lipinski definition) is 1. The van der Waals surface area contributed by atoms with Gasteiger partial charge in [-0.1, -0.05) is 0 Å². The van der Waals surface area contributed by atoms with Crippen molar-refractivity contribution < 1.29 is 9.18 Å². The molecule has 4 heteroatoms. The van der Waals surface area contributed by atoms with Gasteiger partial charge in [-0.2, -0.15) is 0 Å². The Morgan fingerprint density at radius 1 is 1.35 bits per heavy atom. The minimum absolute atomic E-state index is 0.103. The molecule has 1 N–H and O–H groups in total. The summed E-state index contributed by atoms with van der Waals surface area (Å²) in [4.78, 5) is 15.6. The summed E-state index contributed by atoms with van der Waals surface area (Å²) in [5, 5.41) is 2.99. The molecule has 2 fully saturated rings. The summed E-state index contributed by atoms with van der Waals surface area (Å²) in [6.45, 7) is 0. The average molecular weight is 234 g/mol. The van der Waals surface area contributed by atoms with Crippen molar-refractivity contribution in [2.75, 3.05) is 0 Å². The Balaban J connectivity index is 1.71. The zero-order valence-electron chi connectivity index (χ0n) is 9.53. The second-order valence-electron chi connectivity index (χ2n) is 5.03. The Labute approximate surface area is 99.4 Å². The van der Waals surface area contributed by atoms with E-state index in [-0.39, 0.29) is 17.5 Å². The van der Waals surface area contributed by atoms with Gasteiger partial charge < -0.3 is 5.32 Å². The Kier molecular flexibility index (Phi) is 2.57. The third kappa shape index (κ3) is 2.30. The van der Waals surface area contributed by atoms with Crippen LogP contribution in [0.1, 0.15) is 36.0 Å². The number of carbonyl (C=O) groups is 1. The monoisotopic (exact) mass is 234 g/mol. The maximum atomic E-state index is 13.4. The van der Waals surface area contributed by atoms with Crippen molar-refractivity contribution in [3.05, 3.63) is 29.8 Å². The van der Waals surface area contributed by atoms with Gasteiger partial charge >= 0.3 is 0 Å². The number of amides is 1. The molecule has 1 aromatic heterocycles. The molecule has 0 radical (unpaired) electrons. The first-order valence-corrected chi connectivity index (χ1v) is 6.16. The van der Waals surface area contributed by atoms with Crippen LogP contribution in [-0.4, -0.2) is 16.9 Å². The molecule has 2 aliphatic carbocycles. The highest BCUT2D eigenvalue weighted by Crippen LogP contribution is 2.44. The first kappa shape index (κ1) is 10.7. The summed E-state index contributed by atoms with van der Waals surface area (Å²) in [6, 6.07) is 1.69. The van der Waals surface area contributed by atoms with E-state index in [2.05, 4.69) is 10.3 Å². The molecule has 1 heterocycles. The molecular formula is C13H15FN2O. The van der Waals surface area contributed by atoms with E-state index in [9.17, 15) is 9.18 Å². The topological polar surface area (TPSA) is 42.0 Å². The highest BCUT2D eigenvalue weighted by molar-refractivity contribution is 5.94. The fraction of sp³-hybridized carbons (Fsp3) is 0.538. The van der Waals surface area contributed by atoms with Crippen LogP contribution in [0.5, 0.6) is 0 Å². The van der Waals surface area contributed by atoms with E-state index < -0.39 is 5.82 Å². The lowest BCUT2D eigenvalue weighted by atomic mass is 10.1. The standard InChI is InChI=1S/C13H15FN2O/c14-11-7-15-6-5-10(11)13(17)16-12(8-1-2-8)9-3-4-9/h5-9,12H,1-4H2,(H,16,17). The van der Waals surface area contributed by atoms with Crippen LogP contribution in [-0.2, 0) is 0 Å². The van der Waals surface area contributed by atoms with Crippen molar-refractivity contribution in [1.29, 1.82) is 0 Å². The van der Waals surface area contributed by atoms with E-state index in [1.54, 1.807) is 0 Å². The lowest BCUT2D eigenvalue weighted by Gasteiger charge is -2.17. The molecule has 1 aromatic rings. The number of aromatic nitrogens is 1. The van der Waals surface area contributed by atoms with Crippen molar-refractivity contribution in [1.82, 2.24) is 10.3 Å². The van der Waals surface area contributed by atoms with Crippen LogP contribution in [0, 0.1) is 17.7 Å². The number of rotatable bonds is 4. The van der Waals surface area contributed by atoms with Gasteiger partial charge in [-0.05, 0) is 43.6 Å². The summed E-state index contributed by atoms with van der Waals surface area (Å²) in [5.41, 5.74) is 0.103. The van der Waals surface area contributed by atoms with Gasteiger partial charge in [0.05, 0.1) is 11.8 Å². The third-order valence-electron chi connectivity index (χ3n) is 3.57. The molecule has 0 saturated heterocycles. The molecule has 1 amide bonds. The normalized spacial score (nSPS) is 19.4. The molecule has 0 aromatic carbocycles. The Bertz CT molecular complexity index is 429. The number of halogens is 1. The summed E-state index contributed by atoms with van der Waals surface area (Å²) in [5.74, 6) is 0.400. The molecule has 0 spiro atoms. The number of nitrogens with one attached hydrogen (secondary N) is 1. The maximum Gasteiger partial charge on any atom is 0.254 e. The van der Waals surface area contributed by atoms with Gasteiger partial charge in [0.1, 0.15) is 0 Å². The highest BCUT2D eigenvalue weighted by atomic mass is 19.1. The highest BCUT2D eigenvalue weighted by Gasteiger charge is 2.42. The van der Waals surface area contributed by atoms with Gasteiger partial charge in [0.15, 0.2) is 5.82 Å². The van der Waals surface area contributed by atoms with E-state index in [4.69, 9.17) is 0 Å². The number of hydrogen-bond acceptors (Lipinski definition) is 2. The van der Waals surface area contributed by atoms with Gasteiger partial charge in [-0.25, -0.2) is 4.39 Å². The summed E-state index contributed by atoms with van der Waals surface area (Å²) in [7, 11) is 0. The van der Waals surface area contributed by atoms with Gasteiger partial charge in [0.2, 0.25) is 0 Å². The summed E-state index contributed by atoms with van der Waals surface area (Å²) < 4.78 is 13.4. The predicted molar refractivity (Wildman–Crippen MR) is 60.9 cm³/mol. The van der Waals surface area contributed by atoms with Crippen LogP contribution >= 0.6 is 0 Å². The van der Waals surface area contributed by atoms with Gasteiger partial charge in [0.25, 0.3) is 5.91 Å². The van der Waals surface area contributed by atoms with Gasteiger partial charge in [-0.15, -0.1) is 0 Å². The molecule has 0 aliphatic heterocycles. The summed E-state index contributed by atoms with van der Waals surface area (Å²) in [6.07, 6.45) is 7.31. The molecule has 90 valence electrons. The minimum atomic E-state index is -0.546. The summed E-state index contributed by atoms with van der Waals surface area (Å²) >= 11 is 0. The van der Waals surface area contributed by atoms with Crippen molar-refractivity contribution in [2.45, 2.75) is 31.7 Å². The Morgan fingerprint density at radius 2 is 2.00 bits per heavy atom. The number of nitrogens with zero attached hydrogens (tertiary/aromatic N) is 1. The van der Waals surface area contributed by atoms with Gasteiger partial charge in [0, 0.05) is 12.2 Å². The molecular weight excluding hydrogens is 219 g/mol. The van der Waals surface area contributed by atoms with Crippen LogP contribution in [0.15, 0.2) is 18.5 Å². The molecule has 0 unspecified atom stereocenters. The predicted octanol–water partition coefficient (Wildman–Crippen LogP) is 2.14. The Hall–Kier alpha value is -1.45. The fourth-order valence-electron chi connectivity index (χ4n) is 2.32. The van der Waals surface area contributed by atoms with Crippen LogP contribution in [0.4, 0.5) is 4.39 Å². The lowest BCUT2D eigenvalue weighted by Crippen LogP contribution is -2.38. The van der Waals surface area contributed by atoms with E-state index in [0.717, 1.165) is 6.20 Å². The molecule has 2 saturated carbocycles. The van der Waals surface area contributed by atoms with Crippen molar-refractivity contribution >= 4 is 5.91 Å². The SMILES string of the molecule is O=C(NC(C1CC1)C1CC1)c1ccncc1F. The largest absolute Gasteiger partial charge is 0.349 e. The third-order valence-corrected chi connectivity index (χ3v) is 3.57. The molecule has 3 rings (SSSR count). The average Bonchev–Trinajstić information content (AvgIpc) is 3.16. The van der Waals surface area contributed by atoms with Crippen molar-refractivity contribution in [3.8, 4) is 0 Å². The van der Waals surface area contributed by atoms with Crippen LogP contribution in [0.25, 0.3) is 0 Å². The fourth-order valence-corrected chi connectivity index (χ4v) is 2.32. The second-order valence-corrected chi connectivity index (χ2v) is 5.03. The number of pyridine rings is 1. The lowest BCUT2D eigenvalue weighted by molar-refractivity contribution is 0.0922. The number of carbonyl (C=O) groups excluding carboxylic acids is 1. The molecule has 3 nitrogen and oxygen atoms in total. The van der Waals surface area contributed by atoms with E-state index >= 15 is 0 Å². The molecule has 2 aliphatic rings. The molecule has 0 bridgehead atoms. The van der Waals surface area contributed by atoms with E-state index in [1.807, 2.05) is 0 Å². The van der Waals surface area contributed by atoms with Crippen LogP contribution < -0.4 is 5.32 Å². The zero-order chi connectivity index (χ0) is 11.8. The Morgan fingerprint density at radius 3 is 2.53 bits per heavy atom. The second kappa shape index (κ2) is 4.09. The molecule has 0 atom stereocenters. The maximum absolute atomic E-state index is 13.4.